The highest BCUT2D eigenvalue weighted by Crippen LogP contribution is 2.32. The molecule has 2 aliphatic heterocycles. The first kappa shape index (κ1) is 8.14. The van der Waals surface area contributed by atoms with Crippen LogP contribution in [0, 0.1) is 0 Å². The van der Waals surface area contributed by atoms with Gasteiger partial charge in [0.25, 0.3) is 0 Å². The van der Waals surface area contributed by atoms with Crippen molar-refractivity contribution in [2.75, 3.05) is 5.75 Å². The Hall–Kier alpha value is 0.0400. The summed E-state index contributed by atoms with van der Waals surface area (Å²) in [4.78, 5) is 12.5. The van der Waals surface area contributed by atoms with Crippen LogP contribution in [0.1, 0.15) is 6.42 Å². The van der Waals surface area contributed by atoms with Crippen LogP contribution in [0.3, 0.4) is 0 Å². The van der Waals surface area contributed by atoms with Crippen LogP contribution in [0.2, 0.25) is 0 Å². The number of nitrogens with zero attached hydrogens (tertiary/aromatic N) is 1. The molecular formula is C6H8BrNOS. The summed E-state index contributed by atoms with van der Waals surface area (Å²) in [5.74, 6) is 1.33. The summed E-state index contributed by atoms with van der Waals surface area (Å²) >= 11 is 1.84. The van der Waals surface area contributed by atoms with Crippen molar-refractivity contribution in [2.45, 2.75) is 11.8 Å². The van der Waals surface area contributed by atoms with Gasteiger partial charge in [0.15, 0.2) is 0 Å². The number of thioether (sulfide) groups is 1. The number of carbonyl (C=O) groups is 1. The molecular weight excluding hydrogens is 214 g/mol. The molecule has 2 nitrogen and oxygen atoms in total. The predicted molar refractivity (Wildman–Crippen MR) is 47.2 cm³/mol. The molecule has 0 spiro atoms. The third-order valence-electron chi connectivity index (χ3n) is 1.60. The molecule has 0 unspecified atom stereocenters. The van der Waals surface area contributed by atoms with Crippen LogP contribution >= 0.6 is 28.7 Å². The molecule has 0 aromatic carbocycles. The summed E-state index contributed by atoms with van der Waals surface area (Å²) in [6.07, 6.45) is 4.67. The minimum Gasteiger partial charge on any atom is -0.306 e. The van der Waals surface area contributed by atoms with Crippen LogP contribution in [0.15, 0.2) is 12.3 Å². The fraction of sp³-hybridized carbons (Fsp3) is 0.500. The summed E-state index contributed by atoms with van der Waals surface area (Å²) in [6.45, 7) is 0. The summed E-state index contributed by atoms with van der Waals surface area (Å²) in [7, 11) is 0. The number of carbonyl (C=O) groups excluding carboxylic acids is 1. The second-order valence-electron chi connectivity index (χ2n) is 2.18. The first-order chi connectivity index (χ1) is 4.38. The maximum absolute atomic E-state index is 10.7. The van der Waals surface area contributed by atoms with Crippen LogP contribution in [0.25, 0.3) is 0 Å². The van der Waals surface area contributed by atoms with Gasteiger partial charge in [0.1, 0.15) is 0 Å². The van der Waals surface area contributed by atoms with Gasteiger partial charge < -0.3 is 4.90 Å². The van der Waals surface area contributed by atoms with Gasteiger partial charge in [-0.2, -0.15) is 0 Å². The van der Waals surface area contributed by atoms with Crippen molar-refractivity contribution >= 4 is 34.7 Å². The largest absolute Gasteiger partial charge is 0.306 e. The molecule has 0 radical (unpaired) electrons. The lowest BCUT2D eigenvalue weighted by Crippen LogP contribution is -2.48. The molecule has 1 amide bonds. The smallest absolute Gasteiger partial charge is 0.230 e. The highest BCUT2D eigenvalue weighted by molar-refractivity contribution is 8.93. The molecule has 0 N–H and O–H groups in total. The maximum atomic E-state index is 10.7. The molecule has 2 aliphatic rings. The van der Waals surface area contributed by atoms with Gasteiger partial charge in [-0.15, -0.1) is 28.7 Å². The zero-order chi connectivity index (χ0) is 6.27. The van der Waals surface area contributed by atoms with Crippen molar-refractivity contribution in [3.05, 3.63) is 12.3 Å². The number of fused-ring (bicyclic) bond motifs is 1. The first-order valence-electron chi connectivity index (χ1n) is 2.97. The molecule has 2 heterocycles. The van der Waals surface area contributed by atoms with Crippen LogP contribution < -0.4 is 0 Å². The number of halogens is 1. The molecule has 1 fully saturated rings. The number of rotatable bonds is 0. The quantitative estimate of drug-likeness (QED) is 0.577. The van der Waals surface area contributed by atoms with E-state index in [0.29, 0.717) is 5.37 Å². The van der Waals surface area contributed by atoms with Gasteiger partial charge in [0.2, 0.25) is 5.91 Å². The Balaban J connectivity index is 0.000000500. The molecule has 0 aliphatic carbocycles. The molecule has 4 heteroatoms. The van der Waals surface area contributed by atoms with Crippen molar-refractivity contribution in [2.24, 2.45) is 0 Å². The van der Waals surface area contributed by atoms with Gasteiger partial charge in [0, 0.05) is 12.0 Å². The Kier molecular flexibility index (Phi) is 2.41. The Morgan fingerprint density at radius 1 is 1.70 bits per heavy atom. The normalized spacial score (nSPS) is 28.6. The Labute approximate surface area is 74.4 Å². The minimum absolute atomic E-state index is 0. The fourth-order valence-electron chi connectivity index (χ4n) is 1.04. The summed E-state index contributed by atoms with van der Waals surface area (Å²) < 4.78 is 0. The van der Waals surface area contributed by atoms with Crippen molar-refractivity contribution in [1.29, 1.82) is 0 Å². The molecule has 0 saturated carbocycles. The van der Waals surface area contributed by atoms with Crippen LogP contribution in [-0.4, -0.2) is 21.9 Å². The van der Waals surface area contributed by atoms with E-state index in [-0.39, 0.29) is 22.9 Å². The summed E-state index contributed by atoms with van der Waals surface area (Å²) in [6, 6.07) is 0. The molecule has 2 rings (SSSR count). The van der Waals surface area contributed by atoms with E-state index in [2.05, 4.69) is 0 Å². The van der Waals surface area contributed by atoms with E-state index in [4.69, 9.17) is 0 Å². The third-order valence-corrected chi connectivity index (χ3v) is 2.76. The van der Waals surface area contributed by atoms with E-state index in [1.54, 1.807) is 4.90 Å². The fourth-order valence-corrected chi connectivity index (χ4v) is 2.07. The zero-order valence-electron chi connectivity index (χ0n) is 5.32. The van der Waals surface area contributed by atoms with Gasteiger partial charge >= 0.3 is 0 Å². The molecule has 1 saturated heterocycles. The number of amides is 1. The van der Waals surface area contributed by atoms with Gasteiger partial charge in [-0.3, -0.25) is 4.79 Å². The molecule has 0 aromatic heterocycles. The van der Waals surface area contributed by atoms with E-state index in [0.717, 1.165) is 12.2 Å². The van der Waals surface area contributed by atoms with E-state index in [1.165, 1.54) is 0 Å². The van der Waals surface area contributed by atoms with Crippen LogP contribution in [-0.2, 0) is 4.79 Å². The topological polar surface area (TPSA) is 20.3 Å². The Bertz CT molecular complexity index is 183. The molecule has 56 valence electrons. The van der Waals surface area contributed by atoms with Gasteiger partial charge in [-0.1, -0.05) is 6.08 Å². The van der Waals surface area contributed by atoms with Crippen molar-refractivity contribution < 1.29 is 4.79 Å². The van der Waals surface area contributed by atoms with Gasteiger partial charge in [-0.05, 0) is 0 Å². The Morgan fingerprint density at radius 2 is 2.50 bits per heavy atom. The van der Waals surface area contributed by atoms with E-state index in [9.17, 15) is 4.79 Å². The summed E-state index contributed by atoms with van der Waals surface area (Å²) in [5, 5.41) is 0.475. The second kappa shape index (κ2) is 2.96. The minimum atomic E-state index is 0. The monoisotopic (exact) mass is 221 g/mol. The first-order valence-corrected chi connectivity index (χ1v) is 4.02. The third kappa shape index (κ3) is 1.10. The van der Waals surface area contributed by atoms with E-state index < -0.39 is 0 Å². The van der Waals surface area contributed by atoms with Gasteiger partial charge in [-0.25, -0.2) is 0 Å². The standard InChI is InChI=1S/C6H7NOS.BrH/c8-5-4-6-7(5)2-1-3-9-6;/h1-2,6H,3-4H2;1H/t6-;/m1./s1. The van der Waals surface area contributed by atoms with E-state index in [1.807, 2.05) is 24.0 Å². The highest BCUT2D eigenvalue weighted by atomic mass is 79.9. The van der Waals surface area contributed by atoms with E-state index >= 15 is 0 Å². The van der Waals surface area contributed by atoms with Crippen LogP contribution in [0.5, 0.6) is 0 Å². The SMILES string of the molecule is Br.O=C1C[C@H]2SCC=CN12. The number of hydrogen-bond donors (Lipinski definition) is 0. The summed E-state index contributed by atoms with van der Waals surface area (Å²) in [5.41, 5.74) is 0. The molecule has 1 atom stereocenters. The molecule has 0 aromatic rings. The Morgan fingerprint density at radius 3 is 3.00 bits per heavy atom. The highest BCUT2D eigenvalue weighted by Gasteiger charge is 2.35. The number of β-lactam (4-membered cyclic amide) rings is 1. The number of hydrogen-bond acceptors (Lipinski definition) is 2. The van der Waals surface area contributed by atoms with Crippen molar-refractivity contribution in [3.63, 3.8) is 0 Å². The zero-order valence-corrected chi connectivity index (χ0v) is 7.85. The lowest BCUT2D eigenvalue weighted by Gasteiger charge is -2.39. The average Bonchev–Trinajstić information content (AvgIpc) is 1.86. The average molecular weight is 222 g/mol. The van der Waals surface area contributed by atoms with Crippen molar-refractivity contribution in [3.8, 4) is 0 Å². The van der Waals surface area contributed by atoms with Gasteiger partial charge in [0.05, 0.1) is 11.8 Å². The predicted octanol–water partition coefficient (Wildman–Crippen LogP) is 1.38. The maximum Gasteiger partial charge on any atom is 0.230 e. The lowest BCUT2D eigenvalue weighted by atomic mass is 10.2. The van der Waals surface area contributed by atoms with Crippen molar-refractivity contribution in [1.82, 2.24) is 4.90 Å². The second-order valence-corrected chi connectivity index (χ2v) is 3.39. The van der Waals surface area contributed by atoms with Crippen LogP contribution in [0.4, 0.5) is 0 Å². The molecule has 0 bridgehead atoms. The molecule has 10 heavy (non-hydrogen) atoms. The lowest BCUT2D eigenvalue weighted by molar-refractivity contribution is -0.137.